The molecule has 1 atom stereocenters. The third-order valence-electron chi connectivity index (χ3n) is 0.884. The summed E-state index contributed by atoms with van der Waals surface area (Å²) in [5, 5.41) is 8.32. The molecule has 1 N–H and O–H groups in total. The van der Waals surface area contributed by atoms with Crippen molar-refractivity contribution < 1.29 is 9.90 Å². The minimum atomic E-state index is -0.990. The molecule has 5 heteroatoms. The van der Waals surface area contributed by atoms with Crippen LogP contribution in [0.5, 0.6) is 0 Å². The second kappa shape index (κ2) is 6.20. The zero-order valence-electron chi connectivity index (χ0n) is 5.57. The fourth-order valence-corrected chi connectivity index (χ4v) is 0.489. The van der Waals surface area contributed by atoms with E-state index in [0.29, 0.717) is 0 Å². The van der Waals surface area contributed by atoms with Crippen LogP contribution in [0.2, 0.25) is 0 Å². The van der Waals surface area contributed by atoms with E-state index in [1.54, 1.807) is 12.1 Å². The number of aromatic nitrogens is 1. The molecule has 0 saturated carbocycles. The molecule has 1 aromatic heterocycles. The largest absolute Gasteiger partial charge is 0.477 e. The Morgan fingerprint density at radius 2 is 2.18 bits per heavy atom. The van der Waals surface area contributed by atoms with Gasteiger partial charge in [0.05, 0.1) is 0 Å². The van der Waals surface area contributed by atoms with Crippen LogP contribution in [-0.2, 0) is 0 Å². The molecule has 1 rings (SSSR count). The molecular formula is C6H7AsClNO2. The number of hydrogen-bond donors (Lipinski definition) is 1. The van der Waals surface area contributed by atoms with Gasteiger partial charge in [-0.3, -0.25) is 0 Å². The van der Waals surface area contributed by atoms with E-state index >= 15 is 0 Å². The maximum absolute atomic E-state index is 10.1. The molecule has 0 aliphatic carbocycles. The average Bonchev–Trinajstić information content (AvgIpc) is 2.10. The van der Waals surface area contributed by atoms with Gasteiger partial charge in [0, 0.05) is 6.20 Å². The Morgan fingerprint density at radius 1 is 1.55 bits per heavy atom. The number of carboxylic acids is 1. The van der Waals surface area contributed by atoms with Gasteiger partial charge in [0.2, 0.25) is 0 Å². The normalized spacial score (nSPS) is 7.82. The predicted molar refractivity (Wildman–Crippen MR) is 45.6 cm³/mol. The fourth-order valence-electron chi connectivity index (χ4n) is 0.489. The molecule has 0 amide bonds. The third-order valence-corrected chi connectivity index (χ3v) is 0.884. The Morgan fingerprint density at radius 3 is 2.45 bits per heavy atom. The van der Waals surface area contributed by atoms with Crippen molar-refractivity contribution in [1.29, 1.82) is 0 Å². The first-order chi connectivity index (χ1) is 5.30. The number of carbonyl (C=O) groups is 1. The molecule has 0 spiro atoms. The summed E-state index contributed by atoms with van der Waals surface area (Å²) >= 11 is 1.16. The molecule has 0 aliphatic rings. The zero-order chi connectivity index (χ0) is 8.69. The topological polar surface area (TPSA) is 50.2 Å². The quantitative estimate of drug-likeness (QED) is 0.724. The monoisotopic (exact) mass is 235 g/mol. The van der Waals surface area contributed by atoms with Crippen molar-refractivity contribution in [3.63, 3.8) is 0 Å². The molecule has 0 fully saturated rings. The number of nitrogens with zero attached hydrogens (tertiary/aromatic N) is 1. The van der Waals surface area contributed by atoms with Crippen LogP contribution in [0.15, 0.2) is 24.4 Å². The van der Waals surface area contributed by atoms with Gasteiger partial charge in [-0.25, -0.2) is 9.78 Å². The van der Waals surface area contributed by atoms with Crippen molar-refractivity contribution in [3.8, 4) is 0 Å². The van der Waals surface area contributed by atoms with Crippen LogP contribution in [-0.4, -0.2) is 32.0 Å². The summed E-state index contributed by atoms with van der Waals surface area (Å²) < 4.78 is 0. The maximum Gasteiger partial charge on any atom is 0.354 e. The number of carboxylic acid groups (broad SMARTS) is 1. The van der Waals surface area contributed by atoms with Crippen LogP contribution in [0.4, 0.5) is 0 Å². The van der Waals surface area contributed by atoms with E-state index in [1.807, 2.05) is 0 Å². The number of aromatic carboxylic acids is 1. The molecule has 0 saturated heterocycles. The molecule has 0 bridgehead atoms. The van der Waals surface area contributed by atoms with Gasteiger partial charge in [0.15, 0.2) is 0 Å². The van der Waals surface area contributed by atoms with Crippen LogP contribution in [0.3, 0.4) is 0 Å². The van der Waals surface area contributed by atoms with Crippen LogP contribution >= 0.6 is 9.95 Å². The van der Waals surface area contributed by atoms with Gasteiger partial charge in [0.1, 0.15) is 5.69 Å². The maximum atomic E-state index is 10.1. The Hall–Kier alpha value is -0.532. The Bertz CT molecular complexity index is 217. The minimum absolute atomic E-state index is 0.0810. The van der Waals surface area contributed by atoms with E-state index in [-0.39, 0.29) is 5.69 Å². The second-order valence-electron chi connectivity index (χ2n) is 1.52. The Balaban J connectivity index is 0.000000461. The molecule has 0 radical (unpaired) electrons. The van der Waals surface area contributed by atoms with Gasteiger partial charge in [-0.1, -0.05) is 6.07 Å². The van der Waals surface area contributed by atoms with Crippen molar-refractivity contribution >= 4 is 31.8 Å². The van der Waals surface area contributed by atoms with Crippen molar-refractivity contribution in [3.05, 3.63) is 30.1 Å². The molecule has 11 heavy (non-hydrogen) atoms. The average molecular weight is 236 g/mol. The molecular weight excluding hydrogens is 228 g/mol. The summed E-state index contributed by atoms with van der Waals surface area (Å²) in [7, 11) is 4.70. The summed E-state index contributed by atoms with van der Waals surface area (Å²) in [5.41, 5.74) is 0.0810. The van der Waals surface area contributed by atoms with Gasteiger partial charge in [0.25, 0.3) is 0 Å². The molecule has 0 aliphatic heterocycles. The van der Waals surface area contributed by atoms with E-state index < -0.39 is 5.97 Å². The number of hydrogen-bond acceptors (Lipinski definition) is 2. The van der Waals surface area contributed by atoms with Crippen LogP contribution in [0, 0.1) is 0 Å². The summed E-state index contributed by atoms with van der Waals surface area (Å²) in [6.07, 6.45) is 1.45. The first kappa shape index (κ1) is 10.5. The molecule has 1 heterocycles. The summed E-state index contributed by atoms with van der Waals surface area (Å²) in [5.74, 6) is -0.990. The van der Waals surface area contributed by atoms with E-state index in [4.69, 9.17) is 15.1 Å². The van der Waals surface area contributed by atoms with Crippen LogP contribution < -0.4 is 0 Å². The first-order valence-electron chi connectivity index (χ1n) is 2.67. The predicted octanol–water partition coefficient (Wildman–Crippen LogP) is 0.553. The number of rotatable bonds is 1. The van der Waals surface area contributed by atoms with Crippen molar-refractivity contribution in [1.82, 2.24) is 4.98 Å². The van der Waals surface area contributed by atoms with Gasteiger partial charge in [-0.15, -0.1) is 0 Å². The molecule has 60 valence electrons. The fraction of sp³-hybridized carbons (Fsp3) is 0. The summed E-state index contributed by atoms with van der Waals surface area (Å²) in [6.45, 7) is 0. The van der Waals surface area contributed by atoms with E-state index in [0.717, 1.165) is 15.9 Å². The van der Waals surface area contributed by atoms with Crippen molar-refractivity contribution in [2.24, 2.45) is 0 Å². The number of pyridine rings is 1. The number of halogens is 1. The summed E-state index contributed by atoms with van der Waals surface area (Å²) in [6, 6.07) is 4.76. The van der Waals surface area contributed by atoms with Crippen molar-refractivity contribution in [2.75, 3.05) is 0 Å². The molecule has 3 nitrogen and oxygen atoms in total. The van der Waals surface area contributed by atoms with E-state index in [1.165, 1.54) is 12.3 Å². The van der Waals surface area contributed by atoms with Crippen LogP contribution in [0.1, 0.15) is 10.5 Å². The first-order valence-corrected chi connectivity index (χ1v) is 5.85. The molecule has 1 unspecified atom stereocenters. The molecule has 1 aromatic rings. The van der Waals surface area contributed by atoms with E-state index in [2.05, 4.69) is 4.98 Å². The second-order valence-corrected chi connectivity index (χ2v) is 1.52. The van der Waals surface area contributed by atoms with Crippen LogP contribution in [0.25, 0.3) is 0 Å². The minimum Gasteiger partial charge on any atom is -0.477 e. The third kappa shape index (κ3) is 4.02. The van der Waals surface area contributed by atoms with Crippen molar-refractivity contribution in [2.45, 2.75) is 0 Å². The van der Waals surface area contributed by atoms with Gasteiger partial charge in [-0.2, -0.15) is 0 Å². The SMILES string of the molecule is Cl[AsH2].O=C(O)c1ccccn1. The van der Waals surface area contributed by atoms with Gasteiger partial charge >= 0.3 is 31.8 Å². The van der Waals surface area contributed by atoms with Gasteiger partial charge in [-0.05, 0) is 12.1 Å². The smallest absolute Gasteiger partial charge is 0.354 e. The zero-order valence-corrected chi connectivity index (χ0v) is 8.75. The Labute approximate surface area is 77.1 Å². The Kier molecular flexibility index (Phi) is 5.90. The summed E-state index contributed by atoms with van der Waals surface area (Å²) in [4.78, 5) is 13.7. The van der Waals surface area contributed by atoms with Gasteiger partial charge < -0.3 is 5.11 Å². The molecule has 0 aromatic carbocycles. The standard InChI is InChI=1S/C6H5NO2.AsClH2/c8-6(9)5-3-1-2-4-7-5;1-2/h1-4H,(H,8,9);1H2. The van der Waals surface area contributed by atoms with E-state index in [9.17, 15) is 4.79 Å².